The van der Waals surface area contributed by atoms with E-state index in [4.69, 9.17) is 9.73 Å². The number of benzene rings is 1. The zero-order chi connectivity index (χ0) is 22.8. The molecule has 0 unspecified atom stereocenters. The first-order chi connectivity index (χ1) is 15.5. The van der Waals surface area contributed by atoms with Gasteiger partial charge < -0.3 is 25.4 Å². The molecule has 2 aliphatic rings. The van der Waals surface area contributed by atoms with Crippen molar-refractivity contribution in [3.8, 4) is 0 Å². The average Bonchev–Trinajstić information content (AvgIpc) is 3.26. The Hall–Kier alpha value is -1.13. The van der Waals surface area contributed by atoms with Crippen LogP contribution in [0.1, 0.15) is 64.4 Å². The lowest BCUT2D eigenvalue weighted by Gasteiger charge is -2.31. The van der Waals surface area contributed by atoms with Gasteiger partial charge in [0.25, 0.3) is 0 Å². The number of nitrogens with zero attached hydrogens (tertiary/aromatic N) is 2. The highest BCUT2D eigenvalue weighted by molar-refractivity contribution is 14.0. The maximum absolute atomic E-state index is 14.8. The lowest BCUT2D eigenvalue weighted by atomic mass is 9.83. The Morgan fingerprint density at radius 2 is 1.94 bits per heavy atom. The fraction of sp³-hybridized carbons (Fsp3) is 0.720. The molecule has 1 aromatic rings. The Balaban J connectivity index is 0.00000385. The molecule has 0 amide bonds. The third kappa shape index (κ3) is 8.55. The van der Waals surface area contributed by atoms with Crippen molar-refractivity contribution in [3.05, 3.63) is 29.6 Å². The third-order valence-corrected chi connectivity index (χ3v) is 6.86. The minimum atomic E-state index is -0.262. The van der Waals surface area contributed by atoms with Crippen LogP contribution in [0.3, 0.4) is 0 Å². The van der Waals surface area contributed by atoms with Crippen molar-refractivity contribution in [2.75, 3.05) is 44.3 Å². The minimum absolute atomic E-state index is 0. The second kappa shape index (κ2) is 14.3. The van der Waals surface area contributed by atoms with Gasteiger partial charge in [-0.15, -0.1) is 24.0 Å². The topological polar surface area (TPSA) is 69.1 Å². The van der Waals surface area contributed by atoms with Crippen LogP contribution >= 0.6 is 24.0 Å². The molecule has 0 bridgehead atoms. The minimum Gasteiger partial charge on any atom is -0.393 e. The molecule has 0 atom stereocenters. The maximum atomic E-state index is 14.8. The zero-order valence-corrected chi connectivity index (χ0v) is 22.6. The molecule has 1 aliphatic carbocycles. The second-order valence-electron chi connectivity index (χ2n) is 9.21. The Morgan fingerprint density at radius 3 is 2.58 bits per heavy atom. The van der Waals surface area contributed by atoms with E-state index in [0.29, 0.717) is 38.2 Å². The normalized spacial score (nSPS) is 18.8. The summed E-state index contributed by atoms with van der Waals surface area (Å²) in [6.45, 7) is 9.16. The quantitative estimate of drug-likeness (QED) is 0.166. The Kier molecular flexibility index (Phi) is 12.2. The van der Waals surface area contributed by atoms with Gasteiger partial charge in [0.2, 0.25) is 0 Å². The number of nitrogens with one attached hydrogen (secondary N) is 2. The van der Waals surface area contributed by atoms with Gasteiger partial charge in [-0.1, -0.05) is 18.9 Å². The summed E-state index contributed by atoms with van der Waals surface area (Å²) in [7, 11) is 0. The van der Waals surface area contributed by atoms with Crippen LogP contribution in [-0.2, 0) is 11.3 Å². The van der Waals surface area contributed by atoms with Gasteiger partial charge in [-0.25, -0.2) is 9.38 Å². The lowest BCUT2D eigenvalue weighted by molar-refractivity contribution is 0.105. The smallest absolute Gasteiger partial charge is 0.191 e. The monoisotopic (exact) mass is 576 g/mol. The zero-order valence-electron chi connectivity index (χ0n) is 20.2. The van der Waals surface area contributed by atoms with Gasteiger partial charge in [-0.3, -0.25) is 0 Å². The van der Waals surface area contributed by atoms with Crippen molar-refractivity contribution >= 4 is 35.6 Å². The van der Waals surface area contributed by atoms with Crippen LogP contribution in [0.25, 0.3) is 0 Å². The van der Waals surface area contributed by atoms with Crippen LogP contribution in [-0.4, -0.2) is 56.6 Å². The number of aliphatic imine (C=N–C) groups is 1. The summed E-state index contributed by atoms with van der Waals surface area (Å²) < 4.78 is 20.4. The highest BCUT2D eigenvalue weighted by Crippen LogP contribution is 2.40. The van der Waals surface area contributed by atoms with Crippen molar-refractivity contribution in [3.63, 3.8) is 0 Å². The molecule has 1 aromatic carbocycles. The lowest BCUT2D eigenvalue weighted by Crippen LogP contribution is -2.43. The predicted octanol–water partition coefficient (Wildman–Crippen LogP) is 4.45. The molecule has 0 aromatic heterocycles. The van der Waals surface area contributed by atoms with Gasteiger partial charge >= 0.3 is 0 Å². The first-order valence-corrected chi connectivity index (χ1v) is 12.4. The SMILES string of the molecule is CCNC(=NCc1ccc(N2CCC(O)CC2)c(F)c1)NCC1(CCOCC)CCCC1.I. The van der Waals surface area contributed by atoms with Crippen LogP contribution < -0.4 is 15.5 Å². The Labute approximate surface area is 215 Å². The van der Waals surface area contributed by atoms with Gasteiger partial charge in [0.1, 0.15) is 5.82 Å². The fourth-order valence-electron chi connectivity index (χ4n) is 4.87. The van der Waals surface area contributed by atoms with E-state index in [0.717, 1.165) is 44.2 Å². The maximum Gasteiger partial charge on any atom is 0.191 e. The number of ether oxygens (including phenoxy) is 1. The second-order valence-corrected chi connectivity index (χ2v) is 9.21. The van der Waals surface area contributed by atoms with Crippen LogP contribution in [0.5, 0.6) is 0 Å². The van der Waals surface area contributed by atoms with E-state index < -0.39 is 0 Å². The Bertz CT molecular complexity index is 735. The summed E-state index contributed by atoms with van der Waals surface area (Å²) in [6.07, 6.45) is 7.21. The molecule has 8 heteroatoms. The molecule has 3 N–H and O–H groups in total. The van der Waals surface area contributed by atoms with Crippen molar-refractivity contribution in [2.45, 2.75) is 71.4 Å². The number of halogens is 2. The molecule has 2 fully saturated rings. The van der Waals surface area contributed by atoms with Crippen LogP contribution in [0.4, 0.5) is 10.1 Å². The van der Waals surface area contributed by atoms with E-state index in [1.165, 1.54) is 25.7 Å². The van der Waals surface area contributed by atoms with E-state index in [9.17, 15) is 9.50 Å². The number of guanidine groups is 1. The number of hydrogen-bond donors (Lipinski definition) is 3. The number of piperidine rings is 1. The summed E-state index contributed by atoms with van der Waals surface area (Å²) in [6, 6.07) is 5.39. The van der Waals surface area contributed by atoms with E-state index >= 15 is 0 Å². The highest BCUT2D eigenvalue weighted by Gasteiger charge is 2.33. The molecule has 1 saturated heterocycles. The molecular weight excluding hydrogens is 534 g/mol. The summed E-state index contributed by atoms with van der Waals surface area (Å²) in [5.74, 6) is 0.567. The number of rotatable bonds is 10. The number of aliphatic hydroxyl groups excluding tert-OH is 1. The number of aliphatic hydroxyl groups is 1. The van der Waals surface area contributed by atoms with Gasteiger partial charge in [0, 0.05) is 39.4 Å². The Morgan fingerprint density at radius 1 is 1.21 bits per heavy atom. The molecule has 1 heterocycles. The van der Waals surface area contributed by atoms with Crippen LogP contribution in [0.2, 0.25) is 0 Å². The van der Waals surface area contributed by atoms with Crippen molar-refractivity contribution in [1.29, 1.82) is 0 Å². The van der Waals surface area contributed by atoms with Gasteiger partial charge in [0.05, 0.1) is 18.3 Å². The molecule has 33 heavy (non-hydrogen) atoms. The van der Waals surface area contributed by atoms with Crippen molar-refractivity contribution in [2.24, 2.45) is 10.4 Å². The molecule has 188 valence electrons. The molecule has 1 saturated carbocycles. The van der Waals surface area contributed by atoms with Gasteiger partial charge in [-0.2, -0.15) is 0 Å². The van der Waals surface area contributed by atoms with Crippen LogP contribution in [0.15, 0.2) is 23.2 Å². The van der Waals surface area contributed by atoms with Crippen molar-refractivity contribution < 1.29 is 14.2 Å². The van der Waals surface area contributed by atoms with E-state index in [2.05, 4.69) is 17.6 Å². The van der Waals surface area contributed by atoms with Crippen LogP contribution in [0, 0.1) is 11.2 Å². The van der Waals surface area contributed by atoms with E-state index in [1.54, 1.807) is 6.07 Å². The summed E-state index contributed by atoms with van der Waals surface area (Å²) in [5.41, 5.74) is 1.75. The van der Waals surface area contributed by atoms with E-state index in [-0.39, 0.29) is 41.3 Å². The first kappa shape index (κ1) is 28.1. The van der Waals surface area contributed by atoms with Crippen molar-refractivity contribution in [1.82, 2.24) is 10.6 Å². The molecule has 0 radical (unpaired) electrons. The van der Waals surface area contributed by atoms with Gasteiger partial charge in [0.15, 0.2) is 5.96 Å². The standard InChI is InChI=1S/C25H41FN4O2.HI/c1-3-27-24(29-19-25(11-5-6-12-25)13-16-32-4-2)28-18-20-7-8-23(22(26)17-20)30-14-9-21(31)10-15-30;/h7-8,17,21,31H,3-6,9-16,18-19H2,1-2H3,(H2,27,28,29);1H. The number of hydrogen-bond acceptors (Lipinski definition) is 4. The summed E-state index contributed by atoms with van der Waals surface area (Å²) >= 11 is 0. The first-order valence-electron chi connectivity index (χ1n) is 12.4. The molecule has 0 spiro atoms. The molecule has 3 rings (SSSR count). The number of anilines is 1. The molecule has 1 aliphatic heterocycles. The largest absolute Gasteiger partial charge is 0.393 e. The van der Waals surface area contributed by atoms with Gasteiger partial charge in [-0.05, 0) is 69.1 Å². The highest BCUT2D eigenvalue weighted by atomic mass is 127. The summed E-state index contributed by atoms with van der Waals surface area (Å²) in [4.78, 5) is 6.73. The van der Waals surface area contributed by atoms with E-state index in [1.807, 2.05) is 24.0 Å². The fourth-order valence-corrected chi connectivity index (χ4v) is 4.87. The average molecular weight is 577 g/mol. The molecular formula is C25H42FIN4O2. The summed E-state index contributed by atoms with van der Waals surface area (Å²) in [5, 5.41) is 16.5. The predicted molar refractivity (Wildman–Crippen MR) is 144 cm³/mol. The molecule has 6 nitrogen and oxygen atoms in total. The third-order valence-electron chi connectivity index (χ3n) is 6.86.